The molecule has 1 aromatic carbocycles. The molecule has 0 aliphatic heterocycles. The Morgan fingerprint density at radius 3 is 2.16 bits per heavy atom. The number of nitrogens with one attached hydrogen (secondary N) is 1. The minimum absolute atomic E-state index is 0.170. The van der Waals surface area contributed by atoms with E-state index in [2.05, 4.69) is 36.5 Å². The highest BCUT2D eigenvalue weighted by molar-refractivity contribution is 5.76. The van der Waals surface area contributed by atoms with E-state index in [1.807, 2.05) is 20.8 Å². The average Bonchev–Trinajstić information content (AvgIpc) is 2.37. The maximum atomic E-state index is 11.8. The highest BCUT2D eigenvalue weighted by Crippen LogP contribution is 2.20. The van der Waals surface area contributed by atoms with Gasteiger partial charge in [0.25, 0.3) is 0 Å². The summed E-state index contributed by atoms with van der Waals surface area (Å²) in [6.45, 7) is 8.90. The molecule has 1 aromatic rings. The van der Waals surface area contributed by atoms with Crippen molar-refractivity contribution in [3.05, 3.63) is 35.4 Å². The predicted molar refractivity (Wildman–Crippen MR) is 77.9 cm³/mol. The van der Waals surface area contributed by atoms with Crippen molar-refractivity contribution in [3.8, 4) is 0 Å². The third-order valence-corrected chi connectivity index (χ3v) is 3.24. The molecule has 0 aliphatic rings. The number of carbonyl (C=O) groups is 1. The van der Waals surface area contributed by atoms with E-state index < -0.39 is 0 Å². The van der Waals surface area contributed by atoms with Crippen LogP contribution < -0.4 is 5.32 Å². The van der Waals surface area contributed by atoms with E-state index in [-0.39, 0.29) is 17.4 Å². The summed E-state index contributed by atoms with van der Waals surface area (Å²) in [7, 11) is 1.43. The molecule has 0 spiro atoms. The molecule has 0 heterocycles. The molecule has 0 aromatic heterocycles. The van der Waals surface area contributed by atoms with Gasteiger partial charge in [-0.15, -0.1) is 0 Å². The summed E-state index contributed by atoms with van der Waals surface area (Å²) in [5.41, 5.74) is 2.33. The van der Waals surface area contributed by atoms with Gasteiger partial charge < -0.3 is 4.74 Å². The molecule has 0 bridgehead atoms. The molecular formula is C16H25NO2. The van der Waals surface area contributed by atoms with Crippen molar-refractivity contribution in [2.24, 2.45) is 5.41 Å². The van der Waals surface area contributed by atoms with Gasteiger partial charge in [0.1, 0.15) is 6.04 Å². The summed E-state index contributed by atoms with van der Waals surface area (Å²) >= 11 is 0. The van der Waals surface area contributed by atoms with E-state index >= 15 is 0 Å². The van der Waals surface area contributed by atoms with Gasteiger partial charge >= 0.3 is 5.97 Å². The molecule has 1 atom stereocenters. The molecular weight excluding hydrogens is 238 g/mol. The summed E-state index contributed by atoms with van der Waals surface area (Å²) in [5.74, 6) is -0.210. The molecule has 106 valence electrons. The lowest BCUT2D eigenvalue weighted by molar-refractivity contribution is -0.146. The second kappa shape index (κ2) is 6.71. The zero-order chi connectivity index (χ0) is 14.5. The highest BCUT2D eigenvalue weighted by Gasteiger charge is 2.31. The van der Waals surface area contributed by atoms with Gasteiger partial charge in [-0.05, 0) is 23.0 Å². The van der Waals surface area contributed by atoms with Crippen LogP contribution >= 0.6 is 0 Å². The second-order valence-corrected chi connectivity index (χ2v) is 5.87. The van der Waals surface area contributed by atoms with Crippen LogP contribution in [0.3, 0.4) is 0 Å². The van der Waals surface area contributed by atoms with Crippen LogP contribution in [0.4, 0.5) is 0 Å². The van der Waals surface area contributed by atoms with Gasteiger partial charge in [-0.2, -0.15) is 0 Å². The van der Waals surface area contributed by atoms with E-state index in [0.717, 1.165) is 6.42 Å². The molecule has 1 rings (SSSR count). The van der Waals surface area contributed by atoms with E-state index in [1.165, 1.54) is 18.2 Å². The van der Waals surface area contributed by atoms with E-state index in [9.17, 15) is 4.79 Å². The average molecular weight is 263 g/mol. The molecule has 1 N–H and O–H groups in total. The number of hydrogen-bond donors (Lipinski definition) is 1. The van der Waals surface area contributed by atoms with Gasteiger partial charge in [0.15, 0.2) is 0 Å². The zero-order valence-corrected chi connectivity index (χ0v) is 12.6. The van der Waals surface area contributed by atoms with Crippen LogP contribution in [0.2, 0.25) is 0 Å². The Kier molecular flexibility index (Phi) is 5.55. The van der Waals surface area contributed by atoms with Gasteiger partial charge in [-0.3, -0.25) is 10.1 Å². The van der Waals surface area contributed by atoms with Crippen LogP contribution in [0.1, 0.15) is 38.8 Å². The number of benzene rings is 1. The quantitative estimate of drug-likeness (QED) is 0.830. The van der Waals surface area contributed by atoms with Crippen molar-refractivity contribution in [1.82, 2.24) is 5.32 Å². The lowest BCUT2D eigenvalue weighted by atomic mass is 9.86. The maximum Gasteiger partial charge on any atom is 0.323 e. The number of methoxy groups -OCH3 is 1. The fourth-order valence-corrected chi connectivity index (χ4v) is 1.97. The van der Waals surface area contributed by atoms with E-state index in [4.69, 9.17) is 4.74 Å². The van der Waals surface area contributed by atoms with Gasteiger partial charge in [0.2, 0.25) is 0 Å². The molecule has 0 saturated carbocycles. The van der Waals surface area contributed by atoms with Crippen molar-refractivity contribution in [3.63, 3.8) is 0 Å². The standard InChI is InChI=1S/C16H25NO2/c1-6-12-7-9-13(10-8-12)11-17-14(15(18)19-5)16(2,3)4/h7-10,14,17H,6,11H2,1-5H3/t14-/m0/s1. The van der Waals surface area contributed by atoms with Crippen LogP contribution in [-0.2, 0) is 22.5 Å². The zero-order valence-electron chi connectivity index (χ0n) is 12.6. The molecule has 3 nitrogen and oxygen atoms in total. The minimum Gasteiger partial charge on any atom is -0.468 e. The summed E-state index contributed by atoms with van der Waals surface area (Å²) in [4.78, 5) is 11.8. The van der Waals surface area contributed by atoms with Crippen molar-refractivity contribution in [2.45, 2.75) is 46.7 Å². The Morgan fingerprint density at radius 1 is 1.21 bits per heavy atom. The fourth-order valence-electron chi connectivity index (χ4n) is 1.97. The second-order valence-electron chi connectivity index (χ2n) is 5.87. The Bertz CT molecular complexity index is 404. The Hall–Kier alpha value is -1.35. The summed E-state index contributed by atoms with van der Waals surface area (Å²) in [6.07, 6.45) is 1.04. The first-order valence-corrected chi connectivity index (χ1v) is 6.77. The Morgan fingerprint density at radius 2 is 1.74 bits per heavy atom. The molecule has 0 unspecified atom stereocenters. The number of esters is 1. The molecule has 0 fully saturated rings. The third-order valence-electron chi connectivity index (χ3n) is 3.24. The number of ether oxygens (including phenoxy) is 1. The van der Waals surface area contributed by atoms with E-state index in [1.54, 1.807) is 0 Å². The van der Waals surface area contributed by atoms with Gasteiger partial charge in [-0.1, -0.05) is 52.0 Å². The molecule has 0 aliphatic carbocycles. The number of rotatable bonds is 5. The lowest BCUT2D eigenvalue weighted by Gasteiger charge is -2.29. The Labute approximate surface area is 116 Å². The van der Waals surface area contributed by atoms with Crippen LogP contribution in [0.5, 0.6) is 0 Å². The van der Waals surface area contributed by atoms with Crippen molar-refractivity contribution in [1.29, 1.82) is 0 Å². The highest BCUT2D eigenvalue weighted by atomic mass is 16.5. The van der Waals surface area contributed by atoms with Crippen LogP contribution in [0.25, 0.3) is 0 Å². The lowest BCUT2D eigenvalue weighted by Crippen LogP contribution is -2.46. The number of carbonyl (C=O) groups excluding carboxylic acids is 1. The third kappa shape index (κ3) is 4.67. The first kappa shape index (κ1) is 15.7. The minimum atomic E-state index is -0.302. The van der Waals surface area contributed by atoms with Crippen molar-refractivity contribution >= 4 is 5.97 Å². The first-order valence-electron chi connectivity index (χ1n) is 6.77. The molecule has 3 heteroatoms. The Balaban J connectivity index is 2.68. The summed E-state index contributed by atoms with van der Waals surface area (Å²) in [6, 6.07) is 8.15. The van der Waals surface area contributed by atoms with Crippen molar-refractivity contribution < 1.29 is 9.53 Å². The molecule has 19 heavy (non-hydrogen) atoms. The summed E-state index contributed by atoms with van der Waals surface area (Å²) in [5, 5.41) is 3.29. The largest absolute Gasteiger partial charge is 0.468 e. The smallest absolute Gasteiger partial charge is 0.323 e. The van der Waals surface area contributed by atoms with Crippen LogP contribution in [0, 0.1) is 5.41 Å². The van der Waals surface area contributed by atoms with Crippen LogP contribution in [-0.4, -0.2) is 19.1 Å². The molecule has 0 saturated heterocycles. The first-order chi connectivity index (χ1) is 8.88. The topological polar surface area (TPSA) is 38.3 Å². The van der Waals surface area contributed by atoms with Gasteiger partial charge in [0, 0.05) is 6.54 Å². The van der Waals surface area contributed by atoms with Gasteiger partial charge in [-0.25, -0.2) is 0 Å². The number of aryl methyl sites for hydroxylation is 1. The fraction of sp³-hybridized carbons (Fsp3) is 0.562. The normalized spacial score (nSPS) is 13.1. The monoisotopic (exact) mass is 263 g/mol. The van der Waals surface area contributed by atoms with Gasteiger partial charge in [0.05, 0.1) is 7.11 Å². The summed E-state index contributed by atoms with van der Waals surface area (Å²) < 4.78 is 4.86. The van der Waals surface area contributed by atoms with E-state index in [0.29, 0.717) is 6.54 Å². The van der Waals surface area contributed by atoms with Crippen molar-refractivity contribution in [2.75, 3.05) is 7.11 Å². The maximum absolute atomic E-state index is 11.8. The SMILES string of the molecule is CCc1ccc(CN[C@@H](C(=O)OC)C(C)(C)C)cc1. The molecule has 0 amide bonds. The predicted octanol–water partition coefficient (Wildman–Crippen LogP) is 2.93. The molecule has 0 radical (unpaired) electrons. The number of hydrogen-bond acceptors (Lipinski definition) is 3. The van der Waals surface area contributed by atoms with Crippen LogP contribution in [0.15, 0.2) is 24.3 Å².